The molecular formula is C14H15ClN4O2. The molecule has 1 aromatic heterocycles. The SMILES string of the molecule is CN(CC1CC1)C(=O)Cn1nnc2ccc(Cl)cc2c1=O. The largest absolute Gasteiger partial charge is 0.344 e. The maximum absolute atomic E-state index is 12.3. The van der Waals surface area contributed by atoms with Gasteiger partial charge in [-0.25, -0.2) is 4.68 Å². The Hall–Kier alpha value is -1.95. The molecule has 7 heteroatoms. The fourth-order valence-electron chi connectivity index (χ4n) is 2.19. The smallest absolute Gasteiger partial charge is 0.278 e. The molecule has 1 amide bonds. The van der Waals surface area contributed by atoms with Crippen molar-refractivity contribution in [2.75, 3.05) is 13.6 Å². The van der Waals surface area contributed by atoms with Crippen LogP contribution in [0.4, 0.5) is 0 Å². The van der Waals surface area contributed by atoms with Crippen molar-refractivity contribution in [3.05, 3.63) is 33.6 Å². The average Bonchev–Trinajstić information content (AvgIpc) is 3.26. The number of benzene rings is 1. The van der Waals surface area contributed by atoms with E-state index in [9.17, 15) is 9.59 Å². The zero-order valence-electron chi connectivity index (χ0n) is 11.6. The van der Waals surface area contributed by atoms with Crippen LogP contribution in [0.15, 0.2) is 23.0 Å². The first-order valence-electron chi connectivity index (χ1n) is 6.81. The molecule has 21 heavy (non-hydrogen) atoms. The van der Waals surface area contributed by atoms with Crippen molar-refractivity contribution in [1.82, 2.24) is 19.9 Å². The van der Waals surface area contributed by atoms with Gasteiger partial charge < -0.3 is 4.90 Å². The summed E-state index contributed by atoms with van der Waals surface area (Å²) < 4.78 is 1.09. The Kier molecular flexibility index (Phi) is 3.63. The lowest BCUT2D eigenvalue weighted by Crippen LogP contribution is -2.36. The number of hydrogen-bond acceptors (Lipinski definition) is 4. The summed E-state index contributed by atoms with van der Waals surface area (Å²) in [5.41, 5.74) is 0.120. The Balaban J connectivity index is 1.84. The molecule has 0 atom stereocenters. The summed E-state index contributed by atoms with van der Waals surface area (Å²) in [5, 5.41) is 8.59. The minimum atomic E-state index is -0.351. The van der Waals surface area contributed by atoms with E-state index in [0.29, 0.717) is 21.8 Å². The maximum atomic E-state index is 12.3. The first-order valence-corrected chi connectivity index (χ1v) is 7.19. The summed E-state index contributed by atoms with van der Waals surface area (Å²) >= 11 is 5.89. The standard InChI is InChI=1S/C14H15ClN4O2/c1-18(7-9-2-3-9)13(20)8-19-14(21)11-6-10(15)4-5-12(11)16-17-19/h4-6,9H,2-3,7-8H2,1H3. The van der Waals surface area contributed by atoms with Gasteiger partial charge in [-0.05, 0) is 37.0 Å². The van der Waals surface area contributed by atoms with Gasteiger partial charge in [0.05, 0.1) is 5.39 Å². The number of carbonyl (C=O) groups excluding carboxylic acids is 1. The van der Waals surface area contributed by atoms with Crippen molar-refractivity contribution in [3.63, 3.8) is 0 Å². The predicted octanol–water partition coefficient (Wildman–Crippen LogP) is 1.31. The van der Waals surface area contributed by atoms with Crippen LogP contribution in [0, 0.1) is 5.92 Å². The zero-order chi connectivity index (χ0) is 15.0. The molecule has 1 saturated carbocycles. The van der Waals surface area contributed by atoms with Crippen molar-refractivity contribution in [1.29, 1.82) is 0 Å². The summed E-state index contributed by atoms with van der Waals surface area (Å²) in [4.78, 5) is 26.1. The molecule has 0 N–H and O–H groups in total. The van der Waals surface area contributed by atoms with Crippen molar-refractivity contribution >= 4 is 28.4 Å². The molecular weight excluding hydrogens is 292 g/mol. The summed E-state index contributed by atoms with van der Waals surface area (Å²) in [6.07, 6.45) is 2.34. The highest BCUT2D eigenvalue weighted by molar-refractivity contribution is 6.31. The number of aromatic nitrogens is 3. The van der Waals surface area contributed by atoms with Crippen LogP contribution in [0.25, 0.3) is 10.9 Å². The minimum absolute atomic E-state index is 0.0997. The van der Waals surface area contributed by atoms with Crippen molar-refractivity contribution in [2.45, 2.75) is 19.4 Å². The van der Waals surface area contributed by atoms with Crippen LogP contribution in [0.5, 0.6) is 0 Å². The van der Waals surface area contributed by atoms with E-state index in [1.54, 1.807) is 30.1 Å². The Morgan fingerprint density at radius 2 is 2.24 bits per heavy atom. The van der Waals surface area contributed by atoms with E-state index < -0.39 is 0 Å². The monoisotopic (exact) mass is 306 g/mol. The van der Waals surface area contributed by atoms with E-state index in [1.165, 1.54) is 12.8 Å². The summed E-state index contributed by atoms with van der Waals surface area (Å²) in [6.45, 7) is 0.637. The minimum Gasteiger partial charge on any atom is -0.344 e. The van der Waals surface area contributed by atoms with Crippen molar-refractivity contribution < 1.29 is 4.79 Å². The summed E-state index contributed by atoms with van der Waals surface area (Å²) in [7, 11) is 1.75. The van der Waals surface area contributed by atoms with Crippen LogP contribution in [0.3, 0.4) is 0 Å². The maximum Gasteiger partial charge on any atom is 0.278 e. The molecule has 2 aromatic rings. The van der Waals surface area contributed by atoms with Gasteiger partial charge in [0, 0.05) is 18.6 Å². The van der Waals surface area contributed by atoms with Gasteiger partial charge in [0.25, 0.3) is 5.56 Å². The molecule has 110 valence electrons. The molecule has 1 fully saturated rings. The third-order valence-corrected chi connectivity index (χ3v) is 3.86. The van der Waals surface area contributed by atoms with Gasteiger partial charge in [0.15, 0.2) is 0 Å². The van der Waals surface area contributed by atoms with Gasteiger partial charge in [-0.3, -0.25) is 9.59 Å². The van der Waals surface area contributed by atoms with Gasteiger partial charge >= 0.3 is 0 Å². The molecule has 6 nitrogen and oxygen atoms in total. The Morgan fingerprint density at radius 1 is 1.48 bits per heavy atom. The topological polar surface area (TPSA) is 68.1 Å². The normalized spacial score (nSPS) is 14.4. The Bertz CT molecular complexity index is 754. The fourth-order valence-corrected chi connectivity index (χ4v) is 2.36. The lowest BCUT2D eigenvalue weighted by atomic mass is 10.2. The first-order chi connectivity index (χ1) is 10.0. The molecule has 3 rings (SSSR count). The van der Waals surface area contributed by atoms with E-state index in [0.717, 1.165) is 11.2 Å². The fraction of sp³-hybridized carbons (Fsp3) is 0.429. The van der Waals surface area contributed by atoms with Crippen LogP contribution in [0.1, 0.15) is 12.8 Å². The van der Waals surface area contributed by atoms with E-state index in [-0.39, 0.29) is 18.0 Å². The molecule has 1 aromatic carbocycles. The van der Waals surface area contributed by atoms with Gasteiger partial charge in [-0.1, -0.05) is 16.8 Å². The van der Waals surface area contributed by atoms with Crippen LogP contribution in [-0.2, 0) is 11.3 Å². The van der Waals surface area contributed by atoms with Crippen molar-refractivity contribution in [3.8, 4) is 0 Å². The number of hydrogen-bond donors (Lipinski definition) is 0. The zero-order valence-corrected chi connectivity index (χ0v) is 12.4. The second-order valence-corrected chi connectivity index (χ2v) is 5.87. The van der Waals surface area contributed by atoms with Gasteiger partial charge in [-0.2, -0.15) is 0 Å². The van der Waals surface area contributed by atoms with E-state index in [4.69, 9.17) is 11.6 Å². The number of fused-ring (bicyclic) bond motifs is 1. The number of amides is 1. The summed E-state index contributed by atoms with van der Waals surface area (Å²) in [6, 6.07) is 4.83. The van der Waals surface area contributed by atoms with E-state index in [1.807, 2.05) is 0 Å². The Labute approximate surface area is 126 Å². The number of carbonyl (C=O) groups is 1. The van der Waals surface area contributed by atoms with Crippen LogP contribution in [0.2, 0.25) is 5.02 Å². The lowest BCUT2D eigenvalue weighted by molar-refractivity contribution is -0.131. The second kappa shape index (κ2) is 5.44. The number of nitrogens with zero attached hydrogens (tertiary/aromatic N) is 4. The van der Waals surface area contributed by atoms with Gasteiger partial charge in [-0.15, -0.1) is 5.10 Å². The lowest BCUT2D eigenvalue weighted by Gasteiger charge is -2.16. The quantitative estimate of drug-likeness (QED) is 0.854. The highest BCUT2D eigenvalue weighted by atomic mass is 35.5. The molecule has 0 bridgehead atoms. The first kappa shape index (κ1) is 14.0. The van der Waals surface area contributed by atoms with Gasteiger partial charge in [0.2, 0.25) is 5.91 Å². The predicted molar refractivity (Wildman–Crippen MR) is 79.2 cm³/mol. The number of likely N-dealkylation sites (N-methyl/N-ethyl adjacent to an activating group) is 1. The average molecular weight is 307 g/mol. The molecule has 0 aliphatic heterocycles. The van der Waals surface area contributed by atoms with E-state index in [2.05, 4.69) is 10.3 Å². The molecule has 0 saturated heterocycles. The van der Waals surface area contributed by atoms with E-state index >= 15 is 0 Å². The van der Waals surface area contributed by atoms with Crippen LogP contribution < -0.4 is 5.56 Å². The van der Waals surface area contributed by atoms with Crippen molar-refractivity contribution in [2.24, 2.45) is 5.92 Å². The second-order valence-electron chi connectivity index (χ2n) is 5.43. The molecule has 0 spiro atoms. The molecule has 1 aliphatic carbocycles. The molecule has 0 radical (unpaired) electrons. The molecule has 1 heterocycles. The summed E-state index contributed by atoms with van der Waals surface area (Å²) in [5.74, 6) is 0.469. The molecule has 0 unspecified atom stereocenters. The third kappa shape index (κ3) is 3.05. The highest BCUT2D eigenvalue weighted by Crippen LogP contribution is 2.29. The molecule has 1 aliphatic rings. The van der Waals surface area contributed by atoms with Crippen LogP contribution >= 0.6 is 11.6 Å². The number of halogens is 1. The Morgan fingerprint density at radius 3 is 2.95 bits per heavy atom. The third-order valence-electron chi connectivity index (χ3n) is 3.62. The highest BCUT2D eigenvalue weighted by Gasteiger charge is 2.25. The van der Waals surface area contributed by atoms with Crippen LogP contribution in [-0.4, -0.2) is 39.4 Å². The number of rotatable bonds is 4. The van der Waals surface area contributed by atoms with Gasteiger partial charge in [0.1, 0.15) is 12.1 Å².